The van der Waals surface area contributed by atoms with Gasteiger partial charge in [-0.15, -0.1) is 0 Å². The van der Waals surface area contributed by atoms with Crippen LogP contribution in [0.4, 0.5) is 0 Å². The highest BCUT2D eigenvalue weighted by atomic mass is 35.5. The zero-order valence-electron chi connectivity index (χ0n) is 16.2. The second kappa shape index (κ2) is 6.76. The first-order valence-electron chi connectivity index (χ1n) is 10.1. The summed E-state index contributed by atoms with van der Waals surface area (Å²) in [5.74, 6) is 0. The standard InChI is InChI=1S/C28H18ClN/c29-21-16-13-20(14-17-21)22-8-3-5-11-25(22)30-26-12-6-4-10-24(26)28-23-9-2-1-7-19(23)15-18-27(28)30/h1-18H. The van der Waals surface area contributed by atoms with Crippen molar-refractivity contribution in [1.29, 1.82) is 0 Å². The second-order valence-electron chi connectivity index (χ2n) is 7.56. The van der Waals surface area contributed by atoms with E-state index in [0.29, 0.717) is 0 Å². The lowest BCUT2D eigenvalue weighted by molar-refractivity contribution is 1.18. The van der Waals surface area contributed by atoms with Crippen LogP contribution in [-0.4, -0.2) is 4.57 Å². The molecular formula is C28H18ClN. The van der Waals surface area contributed by atoms with E-state index in [9.17, 15) is 0 Å². The summed E-state index contributed by atoms with van der Waals surface area (Å²) >= 11 is 6.14. The number of halogens is 1. The summed E-state index contributed by atoms with van der Waals surface area (Å²) in [6.07, 6.45) is 0. The number of fused-ring (bicyclic) bond motifs is 5. The van der Waals surface area contributed by atoms with E-state index in [4.69, 9.17) is 11.6 Å². The number of para-hydroxylation sites is 2. The maximum Gasteiger partial charge on any atom is 0.0547 e. The van der Waals surface area contributed by atoms with Gasteiger partial charge in [-0.1, -0.05) is 90.5 Å². The van der Waals surface area contributed by atoms with Crippen LogP contribution in [0, 0.1) is 0 Å². The van der Waals surface area contributed by atoms with E-state index in [1.165, 1.54) is 43.8 Å². The Kier molecular flexibility index (Phi) is 3.90. The van der Waals surface area contributed by atoms with E-state index in [0.717, 1.165) is 10.6 Å². The van der Waals surface area contributed by atoms with Gasteiger partial charge in [0.05, 0.1) is 16.7 Å². The van der Waals surface area contributed by atoms with Crippen LogP contribution in [-0.2, 0) is 0 Å². The van der Waals surface area contributed by atoms with Gasteiger partial charge in [0.2, 0.25) is 0 Å². The van der Waals surface area contributed by atoms with Crippen LogP contribution < -0.4 is 0 Å². The molecule has 0 atom stereocenters. The third-order valence-corrected chi connectivity index (χ3v) is 6.11. The van der Waals surface area contributed by atoms with Crippen LogP contribution in [0.15, 0.2) is 109 Å². The lowest BCUT2D eigenvalue weighted by atomic mass is 10.0. The van der Waals surface area contributed by atoms with Gasteiger partial charge in [0.1, 0.15) is 0 Å². The summed E-state index contributed by atoms with van der Waals surface area (Å²) in [6.45, 7) is 0. The molecule has 0 amide bonds. The minimum Gasteiger partial charge on any atom is -0.309 e. The molecule has 142 valence electrons. The van der Waals surface area contributed by atoms with Crippen molar-refractivity contribution in [2.75, 3.05) is 0 Å². The minimum absolute atomic E-state index is 0.750. The maximum atomic E-state index is 6.14. The predicted molar refractivity (Wildman–Crippen MR) is 129 cm³/mol. The first-order valence-corrected chi connectivity index (χ1v) is 10.5. The molecule has 0 aliphatic rings. The van der Waals surface area contributed by atoms with Crippen molar-refractivity contribution in [2.24, 2.45) is 0 Å². The molecule has 30 heavy (non-hydrogen) atoms. The summed E-state index contributed by atoms with van der Waals surface area (Å²) in [6, 6.07) is 38.4. The molecule has 0 fully saturated rings. The number of hydrogen-bond acceptors (Lipinski definition) is 0. The number of aromatic nitrogens is 1. The second-order valence-corrected chi connectivity index (χ2v) is 7.99. The molecule has 0 unspecified atom stereocenters. The van der Waals surface area contributed by atoms with Crippen LogP contribution in [0.5, 0.6) is 0 Å². The Labute approximate surface area is 179 Å². The molecule has 1 nitrogen and oxygen atoms in total. The average Bonchev–Trinajstić information content (AvgIpc) is 3.14. The predicted octanol–water partition coefficient (Wildman–Crippen LogP) is 8.26. The molecule has 5 aromatic carbocycles. The van der Waals surface area contributed by atoms with E-state index >= 15 is 0 Å². The van der Waals surface area contributed by atoms with E-state index in [1.54, 1.807) is 0 Å². The summed E-state index contributed by atoms with van der Waals surface area (Å²) < 4.78 is 2.39. The van der Waals surface area contributed by atoms with Gasteiger partial charge in [-0.2, -0.15) is 0 Å². The lowest BCUT2D eigenvalue weighted by Crippen LogP contribution is -1.97. The SMILES string of the molecule is Clc1ccc(-c2ccccc2-n2c3ccccc3c3c4ccccc4ccc32)cc1. The minimum atomic E-state index is 0.750. The Morgan fingerprint density at radius 3 is 2.10 bits per heavy atom. The quantitative estimate of drug-likeness (QED) is 0.274. The third-order valence-electron chi connectivity index (χ3n) is 5.86. The van der Waals surface area contributed by atoms with Gasteiger partial charge in [0.25, 0.3) is 0 Å². The number of benzene rings is 5. The van der Waals surface area contributed by atoms with Gasteiger partial charge in [-0.05, 0) is 46.7 Å². The van der Waals surface area contributed by atoms with Crippen molar-refractivity contribution in [3.05, 3.63) is 114 Å². The Bertz CT molecular complexity index is 1540. The van der Waals surface area contributed by atoms with Crippen LogP contribution in [0.3, 0.4) is 0 Å². The van der Waals surface area contributed by atoms with Gasteiger partial charge in [0.15, 0.2) is 0 Å². The summed E-state index contributed by atoms with van der Waals surface area (Å²) in [4.78, 5) is 0. The van der Waals surface area contributed by atoms with Crippen molar-refractivity contribution >= 4 is 44.2 Å². The fraction of sp³-hybridized carbons (Fsp3) is 0. The zero-order valence-corrected chi connectivity index (χ0v) is 17.0. The first-order chi connectivity index (χ1) is 14.8. The fourth-order valence-corrected chi connectivity index (χ4v) is 4.67. The van der Waals surface area contributed by atoms with E-state index in [1.807, 2.05) is 12.1 Å². The smallest absolute Gasteiger partial charge is 0.0547 e. The molecule has 0 radical (unpaired) electrons. The maximum absolute atomic E-state index is 6.14. The van der Waals surface area contributed by atoms with Crippen LogP contribution in [0.1, 0.15) is 0 Å². The average molecular weight is 404 g/mol. The lowest BCUT2D eigenvalue weighted by Gasteiger charge is -2.14. The topological polar surface area (TPSA) is 4.93 Å². The number of nitrogens with zero attached hydrogens (tertiary/aromatic N) is 1. The molecule has 1 heterocycles. The molecule has 0 spiro atoms. The van der Waals surface area contributed by atoms with Crippen LogP contribution in [0.2, 0.25) is 5.02 Å². The molecule has 0 N–H and O–H groups in total. The molecule has 2 heteroatoms. The molecule has 6 aromatic rings. The third kappa shape index (κ3) is 2.56. The highest BCUT2D eigenvalue weighted by molar-refractivity contribution is 6.30. The Hall–Kier alpha value is -3.55. The van der Waals surface area contributed by atoms with Crippen LogP contribution >= 0.6 is 11.6 Å². The van der Waals surface area contributed by atoms with Gasteiger partial charge >= 0.3 is 0 Å². The van der Waals surface area contributed by atoms with Crippen molar-refractivity contribution in [3.63, 3.8) is 0 Å². The number of hydrogen-bond donors (Lipinski definition) is 0. The zero-order chi connectivity index (χ0) is 20.1. The normalized spacial score (nSPS) is 11.5. The van der Waals surface area contributed by atoms with Crippen molar-refractivity contribution in [2.45, 2.75) is 0 Å². The largest absolute Gasteiger partial charge is 0.309 e. The Morgan fingerprint density at radius 1 is 0.533 bits per heavy atom. The Morgan fingerprint density at radius 2 is 1.23 bits per heavy atom. The first kappa shape index (κ1) is 17.3. The van der Waals surface area contributed by atoms with Crippen molar-refractivity contribution < 1.29 is 0 Å². The molecule has 0 saturated carbocycles. The van der Waals surface area contributed by atoms with Gasteiger partial charge in [-0.3, -0.25) is 0 Å². The van der Waals surface area contributed by atoms with Crippen molar-refractivity contribution in [3.8, 4) is 16.8 Å². The van der Waals surface area contributed by atoms with E-state index < -0.39 is 0 Å². The van der Waals surface area contributed by atoms with E-state index in [-0.39, 0.29) is 0 Å². The van der Waals surface area contributed by atoms with Crippen LogP contribution in [0.25, 0.3) is 49.4 Å². The molecular weight excluding hydrogens is 386 g/mol. The molecule has 0 saturated heterocycles. The molecule has 6 rings (SSSR count). The summed E-state index contributed by atoms with van der Waals surface area (Å²) in [5, 5.41) is 5.87. The molecule has 0 aliphatic heterocycles. The summed E-state index contributed by atoms with van der Waals surface area (Å²) in [7, 11) is 0. The van der Waals surface area contributed by atoms with E-state index in [2.05, 4.69) is 102 Å². The molecule has 1 aromatic heterocycles. The monoisotopic (exact) mass is 403 g/mol. The van der Waals surface area contributed by atoms with Gasteiger partial charge < -0.3 is 4.57 Å². The van der Waals surface area contributed by atoms with Gasteiger partial charge in [-0.25, -0.2) is 0 Å². The molecule has 0 bridgehead atoms. The van der Waals surface area contributed by atoms with Crippen molar-refractivity contribution in [1.82, 2.24) is 4.57 Å². The highest BCUT2D eigenvalue weighted by Crippen LogP contribution is 2.39. The highest BCUT2D eigenvalue weighted by Gasteiger charge is 2.16. The number of rotatable bonds is 2. The summed E-state index contributed by atoms with van der Waals surface area (Å²) in [5.41, 5.74) is 5.94. The fourth-order valence-electron chi connectivity index (χ4n) is 4.54. The molecule has 0 aliphatic carbocycles. The Balaban J connectivity index is 1.76. The van der Waals surface area contributed by atoms with Gasteiger partial charge in [0, 0.05) is 21.4 Å².